The molecule has 0 radical (unpaired) electrons. The fourth-order valence-corrected chi connectivity index (χ4v) is 2.04. The summed E-state index contributed by atoms with van der Waals surface area (Å²) in [6, 6.07) is 4.13. The molecular weight excluding hydrogens is 240 g/mol. The van der Waals surface area contributed by atoms with E-state index in [2.05, 4.69) is 24.4 Å². The molecule has 4 nitrogen and oxygen atoms in total. The van der Waals surface area contributed by atoms with Crippen LogP contribution in [-0.2, 0) is 4.79 Å². The Morgan fingerprint density at radius 2 is 1.84 bits per heavy atom. The summed E-state index contributed by atoms with van der Waals surface area (Å²) in [7, 11) is 3.66. The summed E-state index contributed by atoms with van der Waals surface area (Å²) < 4.78 is 5.67. The molecule has 19 heavy (non-hydrogen) atoms. The highest BCUT2D eigenvalue weighted by Crippen LogP contribution is 2.24. The van der Waals surface area contributed by atoms with Crippen LogP contribution in [0.25, 0.3) is 0 Å². The normalized spacial score (nSPS) is 10.4. The number of benzene rings is 1. The molecule has 1 aromatic carbocycles. The summed E-state index contributed by atoms with van der Waals surface area (Å²) in [5.41, 5.74) is 3.35. The van der Waals surface area contributed by atoms with Crippen LogP contribution in [0.2, 0.25) is 0 Å². The Kier molecular flexibility index (Phi) is 5.83. The standard InChI is InChI=1S/C15H24N2O2/c1-11-8-12(2)15(13(3)9-11)19-10-14(18)17(5)7-6-16-4/h8-9,16H,6-7,10H2,1-5H3. The van der Waals surface area contributed by atoms with Crippen molar-refractivity contribution >= 4 is 5.91 Å². The van der Waals surface area contributed by atoms with Crippen LogP contribution >= 0.6 is 0 Å². The second kappa shape index (κ2) is 7.14. The number of nitrogens with one attached hydrogen (secondary N) is 1. The molecule has 0 spiro atoms. The lowest BCUT2D eigenvalue weighted by Gasteiger charge is -2.18. The molecule has 0 unspecified atom stereocenters. The number of ether oxygens (including phenoxy) is 1. The summed E-state index contributed by atoms with van der Waals surface area (Å²) in [6.07, 6.45) is 0. The first-order chi connectivity index (χ1) is 8.95. The molecule has 0 aromatic heterocycles. The molecule has 4 heteroatoms. The maximum atomic E-state index is 11.9. The van der Waals surface area contributed by atoms with E-state index in [1.165, 1.54) is 5.56 Å². The van der Waals surface area contributed by atoms with Crippen molar-refractivity contribution in [2.75, 3.05) is 33.8 Å². The van der Waals surface area contributed by atoms with E-state index in [-0.39, 0.29) is 12.5 Å². The van der Waals surface area contributed by atoms with Gasteiger partial charge in [0, 0.05) is 20.1 Å². The molecule has 0 fully saturated rings. The van der Waals surface area contributed by atoms with Crippen LogP contribution in [0, 0.1) is 20.8 Å². The predicted molar refractivity (Wildman–Crippen MR) is 77.7 cm³/mol. The van der Waals surface area contributed by atoms with Gasteiger partial charge in [0.25, 0.3) is 5.91 Å². The van der Waals surface area contributed by atoms with Crippen molar-refractivity contribution in [3.05, 3.63) is 28.8 Å². The highest BCUT2D eigenvalue weighted by molar-refractivity contribution is 5.77. The molecule has 0 aliphatic heterocycles. The van der Waals surface area contributed by atoms with Crippen LogP contribution < -0.4 is 10.1 Å². The Labute approximate surface area is 115 Å². The fraction of sp³-hybridized carbons (Fsp3) is 0.533. The van der Waals surface area contributed by atoms with Crippen molar-refractivity contribution in [3.8, 4) is 5.75 Å². The lowest BCUT2D eigenvalue weighted by molar-refractivity contribution is -0.132. The Balaban J connectivity index is 2.60. The zero-order valence-electron chi connectivity index (χ0n) is 12.5. The minimum absolute atomic E-state index is 0.00498. The van der Waals surface area contributed by atoms with Gasteiger partial charge >= 0.3 is 0 Å². The Hall–Kier alpha value is -1.55. The van der Waals surface area contributed by atoms with Crippen molar-refractivity contribution < 1.29 is 9.53 Å². The molecule has 0 aliphatic carbocycles. The van der Waals surface area contributed by atoms with Crippen LogP contribution in [0.15, 0.2) is 12.1 Å². The second-order valence-electron chi connectivity index (χ2n) is 4.94. The summed E-state index contributed by atoms with van der Waals surface area (Å²) in [5, 5.41) is 3.02. The van der Waals surface area contributed by atoms with Gasteiger partial charge in [-0.1, -0.05) is 17.7 Å². The lowest BCUT2D eigenvalue weighted by atomic mass is 10.1. The molecule has 106 valence electrons. The number of hydrogen-bond donors (Lipinski definition) is 1. The van der Waals surface area contributed by atoms with Gasteiger partial charge in [0.2, 0.25) is 0 Å². The summed E-state index contributed by atoms with van der Waals surface area (Å²) >= 11 is 0. The van der Waals surface area contributed by atoms with E-state index >= 15 is 0 Å². The van der Waals surface area contributed by atoms with Crippen molar-refractivity contribution in [2.45, 2.75) is 20.8 Å². The zero-order chi connectivity index (χ0) is 14.4. The highest BCUT2D eigenvalue weighted by Gasteiger charge is 2.11. The molecule has 1 rings (SSSR count). The minimum Gasteiger partial charge on any atom is -0.483 e. The van der Waals surface area contributed by atoms with Gasteiger partial charge < -0.3 is 15.0 Å². The molecule has 0 bridgehead atoms. The topological polar surface area (TPSA) is 41.6 Å². The van der Waals surface area contributed by atoms with Crippen LogP contribution in [0.4, 0.5) is 0 Å². The molecule has 0 saturated heterocycles. The van der Waals surface area contributed by atoms with Gasteiger partial charge in [-0.2, -0.15) is 0 Å². The third-order valence-electron chi connectivity index (χ3n) is 3.07. The van der Waals surface area contributed by atoms with E-state index in [4.69, 9.17) is 4.74 Å². The predicted octanol–water partition coefficient (Wildman–Crippen LogP) is 1.67. The number of aryl methyl sites for hydroxylation is 3. The van der Waals surface area contributed by atoms with Gasteiger partial charge in [-0.3, -0.25) is 4.79 Å². The molecule has 1 N–H and O–H groups in total. The van der Waals surface area contributed by atoms with Crippen molar-refractivity contribution in [2.24, 2.45) is 0 Å². The van der Waals surface area contributed by atoms with Gasteiger partial charge in [0.05, 0.1) is 0 Å². The number of amides is 1. The summed E-state index contributed by atoms with van der Waals surface area (Å²) in [5.74, 6) is 0.815. The van der Waals surface area contributed by atoms with E-state index in [0.29, 0.717) is 6.54 Å². The third-order valence-corrected chi connectivity index (χ3v) is 3.07. The molecule has 0 aliphatic rings. The van der Waals surface area contributed by atoms with Crippen LogP contribution in [0.1, 0.15) is 16.7 Å². The largest absolute Gasteiger partial charge is 0.483 e. The molecule has 1 amide bonds. The Bertz CT molecular complexity index is 421. The first-order valence-corrected chi connectivity index (χ1v) is 6.55. The quantitative estimate of drug-likeness (QED) is 0.850. The van der Waals surface area contributed by atoms with E-state index in [0.717, 1.165) is 23.4 Å². The third kappa shape index (κ3) is 4.56. The van der Waals surface area contributed by atoms with Crippen molar-refractivity contribution in [1.29, 1.82) is 0 Å². The van der Waals surface area contributed by atoms with Crippen molar-refractivity contribution in [1.82, 2.24) is 10.2 Å². The Morgan fingerprint density at radius 3 is 2.37 bits per heavy atom. The molecular formula is C15H24N2O2. The second-order valence-corrected chi connectivity index (χ2v) is 4.94. The van der Waals surface area contributed by atoms with E-state index in [1.54, 1.807) is 11.9 Å². The number of hydrogen-bond acceptors (Lipinski definition) is 3. The van der Waals surface area contributed by atoms with Gasteiger partial charge in [0.15, 0.2) is 6.61 Å². The smallest absolute Gasteiger partial charge is 0.260 e. The molecule has 0 saturated carbocycles. The SMILES string of the molecule is CNCCN(C)C(=O)COc1c(C)cc(C)cc1C. The van der Waals surface area contributed by atoms with Gasteiger partial charge in [0.1, 0.15) is 5.75 Å². The lowest BCUT2D eigenvalue weighted by Crippen LogP contribution is -2.36. The average molecular weight is 264 g/mol. The summed E-state index contributed by atoms with van der Waals surface area (Å²) in [6.45, 7) is 7.62. The monoisotopic (exact) mass is 264 g/mol. The fourth-order valence-electron chi connectivity index (χ4n) is 2.04. The number of carbonyl (C=O) groups excluding carboxylic acids is 1. The first-order valence-electron chi connectivity index (χ1n) is 6.55. The van der Waals surface area contributed by atoms with Gasteiger partial charge in [-0.25, -0.2) is 0 Å². The average Bonchev–Trinajstić information content (AvgIpc) is 2.34. The highest BCUT2D eigenvalue weighted by atomic mass is 16.5. The van der Waals surface area contributed by atoms with Gasteiger partial charge in [-0.05, 0) is 38.9 Å². The molecule has 0 heterocycles. The maximum Gasteiger partial charge on any atom is 0.260 e. The van der Waals surface area contributed by atoms with Crippen molar-refractivity contribution in [3.63, 3.8) is 0 Å². The van der Waals surface area contributed by atoms with E-state index in [9.17, 15) is 4.79 Å². The minimum atomic E-state index is -0.00498. The first kappa shape index (κ1) is 15.5. The Morgan fingerprint density at radius 1 is 1.26 bits per heavy atom. The summed E-state index contributed by atoms with van der Waals surface area (Å²) in [4.78, 5) is 13.6. The molecule has 0 atom stereocenters. The van der Waals surface area contributed by atoms with Crippen LogP contribution in [0.3, 0.4) is 0 Å². The zero-order valence-corrected chi connectivity index (χ0v) is 12.5. The number of rotatable bonds is 6. The number of carbonyl (C=O) groups is 1. The molecule has 1 aromatic rings. The van der Waals surface area contributed by atoms with E-state index in [1.807, 2.05) is 20.9 Å². The number of nitrogens with zero attached hydrogens (tertiary/aromatic N) is 1. The van der Waals surface area contributed by atoms with Gasteiger partial charge in [-0.15, -0.1) is 0 Å². The number of likely N-dealkylation sites (N-methyl/N-ethyl adjacent to an activating group) is 2. The van der Waals surface area contributed by atoms with E-state index < -0.39 is 0 Å². The van der Waals surface area contributed by atoms with Crippen LogP contribution in [0.5, 0.6) is 5.75 Å². The van der Waals surface area contributed by atoms with Crippen LogP contribution in [-0.4, -0.2) is 44.6 Å². The maximum absolute atomic E-state index is 11.9.